The predicted octanol–water partition coefficient (Wildman–Crippen LogP) is 4.58. The van der Waals surface area contributed by atoms with E-state index in [1.165, 1.54) is 57.9 Å². The lowest BCUT2D eigenvalue weighted by Gasteiger charge is -2.45. The molecule has 1 aromatic rings. The molecule has 0 radical (unpaired) electrons. The van der Waals surface area contributed by atoms with Crippen LogP contribution >= 0.6 is 0 Å². The van der Waals surface area contributed by atoms with E-state index in [0.717, 1.165) is 18.8 Å². The Balaban J connectivity index is 1.78. The lowest BCUT2D eigenvalue weighted by atomic mass is 9.68. The summed E-state index contributed by atoms with van der Waals surface area (Å²) in [4.78, 5) is 14.0. The summed E-state index contributed by atoms with van der Waals surface area (Å²) < 4.78 is 14.0. The minimum atomic E-state index is -0.391. The number of carbonyl (C=O) groups excluding carboxylic acids is 1. The molecule has 1 aromatic carbocycles. The summed E-state index contributed by atoms with van der Waals surface area (Å²) in [7, 11) is 0. The largest absolute Gasteiger partial charge is 0.371 e. The third-order valence-corrected chi connectivity index (χ3v) is 5.42. The monoisotopic (exact) mass is 289 g/mol. The standard InChI is InChI=1S/C18H24FNO/c1-14(21)17-15(19)6-5-7-16(17)20-12-10-18(11-13-20)8-3-2-4-9-18/h5-7H,2-4,8-13H2,1H3. The summed E-state index contributed by atoms with van der Waals surface area (Å²) in [5.74, 6) is -0.570. The quantitative estimate of drug-likeness (QED) is 0.743. The second-order valence-electron chi connectivity index (χ2n) is 6.74. The molecule has 0 unspecified atom stereocenters. The summed E-state index contributed by atoms with van der Waals surface area (Å²) in [6, 6.07) is 4.98. The van der Waals surface area contributed by atoms with Gasteiger partial charge in [0.05, 0.1) is 11.3 Å². The van der Waals surface area contributed by atoms with Crippen molar-refractivity contribution in [3.63, 3.8) is 0 Å². The first kappa shape index (κ1) is 14.6. The SMILES string of the molecule is CC(=O)c1c(F)cccc1N1CCC2(CCCCC2)CC1. The van der Waals surface area contributed by atoms with Crippen molar-refractivity contribution in [2.75, 3.05) is 18.0 Å². The number of ketones is 1. The van der Waals surface area contributed by atoms with Crippen LogP contribution in [0.1, 0.15) is 62.2 Å². The summed E-state index contributed by atoms with van der Waals surface area (Å²) in [6.07, 6.45) is 9.16. The predicted molar refractivity (Wildman–Crippen MR) is 83.4 cm³/mol. The molecule has 1 saturated heterocycles. The fourth-order valence-electron chi connectivity index (χ4n) is 4.15. The van der Waals surface area contributed by atoms with E-state index in [1.807, 2.05) is 6.07 Å². The topological polar surface area (TPSA) is 20.3 Å². The number of rotatable bonds is 2. The summed E-state index contributed by atoms with van der Waals surface area (Å²) in [5, 5.41) is 0. The number of carbonyl (C=O) groups is 1. The molecular weight excluding hydrogens is 265 g/mol. The van der Waals surface area contributed by atoms with Gasteiger partial charge in [-0.2, -0.15) is 0 Å². The Bertz CT molecular complexity index is 524. The average Bonchev–Trinajstić information content (AvgIpc) is 2.48. The molecule has 0 amide bonds. The van der Waals surface area contributed by atoms with Crippen molar-refractivity contribution in [2.45, 2.75) is 51.9 Å². The zero-order valence-corrected chi connectivity index (χ0v) is 12.8. The van der Waals surface area contributed by atoms with Gasteiger partial charge in [0, 0.05) is 13.1 Å². The molecule has 3 heteroatoms. The molecule has 3 rings (SSSR count). The fraction of sp³-hybridized carbons (Fsp3) is 0.611. The zero-order chi connectivity index (χ0) is 14.9. The van der Waals surface area contributed by atoms with Gasteiger partial charge in [-0.1, -0.05) is 25.3 Å². The number of hydrogen-bond acceptors (Lipinski definition) is 2. The number of anilines is 1. The van der Waals surface area contributed by atoms with Crippen LogP contribution in [-0.4, -0.2) is 18.9 Å². The maximum atomic E-state index is 14.0. The van der Waals surface area contributed by atoms with Gasteiger partial charge >= 0.3 is 0 Å². The molecule has 0 aromatic heterocycles. The third-order valence-electron chi connectivity index (χ3n) is 5.42. The van der Waals surface area contributed by atoms with Crippen LogP contribution in [0.2, 0.25) is 0 Å². The maximum Gasteiger partial charge on any atom is 0.164 e. The van der Waals surface area contributed by atoms with E-state index in [1.54, 1.807) is 6.07 Å². The number of halogens is 1. The minimum absolute atomic E-state index is 0.180. The van der Waals surface area contributed by atoms with Crippen molar-refractivity contribution in [3.8, 4) is 0 Å². The Kier molecular flexibility index (Phi) is 4.01. The van der Waals surface area contributed by atoms with Gasteiger partial charge in [-0.3, -0.25) is 4.79 Å². The van der Waals surface area contributed by atoms with Crippen LogP contribution in [0.25, 0.3) is 0 Å². The van der Waals surface area contributed by atoms with Crippen molar-refractivity contribution in [3.05, 3.63) is 29.6 Å². The van der Waals surface area contributed by atoms with E-state index in [-0.39, 0.29) is 11.3 Å². The molecule has 0 atom stereocenters. The second-order valence-corrected chi connectivity index (χ2v) is 6.74. The molecule has 1 saturated carbocycles. The van der Waals surface area contributed by atoms with Crippen LogP contribution in [0.3, 0.4) is 0 Å². The van der Waals surface area contributed by atoms with Crippen molar-refractivity contribution in [1.29, 1.82) is 0 Å². The van der Waals surface area contributed by atoms with Crippen molar-refractivity contribution in [2.24, 2.45) is 5.41 Å². The Morgan fingerprint density at radius 3 is 2.38 bits per heavy atom. The van der Waals surface area contributed by atoms with E-state index < -0.39 is 5.82 Å². The number of nitrogens with zero attached hydrogens (tertiary/aromatic N) is 1. The van der Waals surface area contributed by atoms with E-state index >= 15 is 0 Å². The van der Waals surface area contributed by atoms with E-state index in [4.69, 9.17) is 0 Å². The third kappa shape index (κ3) is 2.83. The smallest absolute Gasteiger partial charge is 0.164 e. The van der Waals surface area contributed by atoms with Gasteiger partial charge in [0.1, 0.15) is 5.82 Å². The highest BCUT2D eigenvalue weighted by Gasteiger charge is 2.36. The normalized spacial score (nSPS) is 21.5. The molecule has 2 nitrogen and oxygen atoms in total. The van der Waals surface area contributed by atoms with E-state index in [0.29, 0.717) is 5.41 Å². The van der Waals surface area contributed by atoms with Gasteiger partial charge < -0.3 is 4.90 Å². The molecule has 0 N–H and O–H groups in total. The van der Waals surface area contributed by atoms with Gasteiger partial charge in [0.2, 0.25) is 0 Å². The van der Waals surface area contributed by atoms with Crippen LogP contribution in [0.4, 0.5) is 10.1 Å². The molecule has 2 aliphatic rings. The van der Waals surface area contributed by atoms with Crippen molar-refractivity contribution >= 4 is 11.5 Å². The highest BCUT2D eigenvalue weighted by molar-refractivity contribution is 6.00. The fourth-order valence-corrected chi connectivity index (χ4v) is 4.15. The van der Waals surface area contributed by atoms with E-state index in [9.17, 15) is 9.18 Å². The van der Waals surface area contributed by atoms with Gasteiger partial charge in [0.15, 0.2) is 5.78 Å². The number of hydrogen-bond donors (Lipinski definition) is 0. The minimum Gasteiger partial charge on any atom is -0.371 e. The molecule has 1 aliphatic carbocycles. The van der Waals surface area contributed by atoms with E-state index in [2.05, 4.69) is 4.90 Å². The molecule has 114 valence electrons. The first-order chi connectivity index (χ1) is 10.1. The molecule has 2 fully saturated rings. The maximum absolute atomic E-state index is 14.0. The molecule has 1 heterocycles. The molecule has 1 aliphatic heterocycles. The van der Waals surface area contributed by atoms with Gasteiger partial charge in [-0.25, -0.2) is 4.39 Å². The second kappa shape index (κ2) is 5.78. The Morgan fingerprint density at radius 2 is 1.76 bits per heavy atom. The van der Waals surface area contributed by atoms with Crippen LogP contribution in [0.15, 0.2) is 18.2 Å². The summed E-state index contributed by atoms with van der Waals surface area (Å²) in [6.45, 7) is 3.35. The van der Waals surface area contributed by atoms with Gasteiger partial charge in [-0.05, 0) is 50.2 Å². The average molecular weight is 289 g/mol. The number of Topliss-reactive ketones (excluding diaryl/α,β-unsaturated/α-hetero) is 1. The molecule has 0 bridgehead atoms. The highest BCUT2D eigenvalue weighted by Crippen LogP contribution is 2.45. The van der Waals surface area contributed by atoms with Crippen LogP contribution in [0.5, 0.6) is 0 Å². The van der Waals surface area contributed by atoms with Crippen molar-refractivity contribution in [1.82, 2.24) is 0 Å². The van der Waals surface area contributed by atoms with Crippen LogP contribution in [-0.2, 0) is 0 Å². The summed E-state index contributed by atoms with van der Waals surface area (Å²) >= 11 is 0. The number of piperidine rings is 1. The van der Waals surface area contributed by atoms with Crippen molar-refractivity contribution < 1.29 is 9.18 Å². The Hall–Kier alpha value is -1.38. The van der Waals surface area contributed by atoms with Gasteiger partial charge in [-0.15, -0.1) is 0 Å². The molecule has 21 heavy (non-hydrogen) atoms. The van der Waals surface area contributed by atoms with Gasteiger partial charge in [0.25, 0.3) is 0 Å². The van der Waals surface area contributed by atoms with Crippen LogP contribution < -0.4 is 4.90 Å². The first-order valence-electron chi connectivity index (χ1n) is 8.16. The lowest BCUT2D eigenvalue weighted by Crippen LogP contribution is -2.41. The number of benzene rings is 1. The molecular formula is C18H24FNO. The Labute approximate surface area is 126 Å². The zero-order valence-electron chi connectivity index (χ0n) is 12.8. The molecule has 1 spiro atoms. The summed E-state index contributed by atoms with van der Waals surface area (Å²) in [5.41, 5.74) is 1.57. The van der Waals surface area contributed by atoms with Crippen LogP contribution in [0, 0.1) is 11.2 Å². The first-order valence-corrected chi connectivity index (χ1v) is 8.16. The highest BCUT2D eigenvalue weighted by atomic mass is 19.1. The Morgan fingerprint density at radius 1 is 1.10 bits per heavy atom. The lowest BCUT2D eigenvalue weighted by molar-refractivity contribution is 0.101.